The molecule has 0 aliphatic rings. The van der Waals surface area contributed by atoms with Crippen molar-refractivity contribution in [1.29, 1.82) is 0 Å². The first kappa shape index (κ1) is 14.8. The highest BCUT2D eigenvalue weighted by Crippen LogP contribution is 2.20. The van der Waals surface area contributed by atoms with E-state index in [1.807, 2.05) is 6.92 Å². The summed E-state index contributed by atoms with van der Waals surface area (Å²) in [7, 11) is -3.68. The quantitative estimate of drug-likeness (QED) is 0.912. The predicted molar refractivity (Wildman–Crippen MR) is 79.4 cm³/mol. The molecular formula is C14H14ClNO3S. The van der Waals surface area contributed by atoms with Crippen molar-refractivity contribution >= 4 is 27.3 Å². The number of aryl methyl sites for hydroxylation is 1. The zero-order chi connectivity index (χ0) is 14.8. The fraction of sp³-hybridized carbons (Fsp3) is 0.143. The van der Waals surface area contributed by atoms with Crippen molar-refractivity contribution in [3.8, 4) is 0 Å². The van der Waals surface area contributed by atoms with E-state index >= 15 is 0 Å². The summed E-state index contributed by atoms with van der Waals surface area (Å²) in [6, 6.07) is 11.0. The van der Waals surface area contributed by atoms with Crippen molar-refractivity contribution in [2.24, 2.45) is 0 Å². The van der Waals surface area contributed by atoms with E-state index in [0.29, 0.717) is 16.3 Å². The third-order valence-corrected chi connectivity index (χ3v) is 4.53. The monoisotopic (exact) mass is 311 g/mol. The Bertz CT molecular complexity index is 712. The molecule has 2 N–H and O–H groups in total. The largest absolute Gasteiger partial charge is 0.392 e. The van der Waals surface area contributed by atoms with E-state index in [1.165, 1.54) is 12.1 Å². The molecule has 0 saturated heterocycles. The van der Waals surface area contributed by atoms with Gasteiger partial charge in [0.2, 0.25) is 0 Å². The van der Waals surface area contributed by atoms with Gasteiger partial charge in [-0.25, -0.2) is 8.42 Å². The van der Waals surface area contributed by atoms with Crippen LogP contribution in [0.5, 0.6) is 0 Å². The molecule has 106 valence electrons. The normalized spacial score (nSPS) is 11.3. The van der Waals surface area contributed by atoms with Crippen LogP contribution in [0.25, 0.3) is 0 Å². The van der Waals surface area contributed by atoms with Crippen LogP contribution in [0, 0.1) is 6.92 Å². The Morgan fingerprint density at radius 3 is 2.40 bits per heavy atom. The first-order valence-corrected chi connectivity index (χ1v) is 7.77. The Labute approximate surface area is 123 Å². The maximum atomic E-state index is 12.2. The Morgan fingerprint density at radius 2 is 1.80 bits per heavy atom. The van der Waals surface area contributed by atoms with Gasteiger partial charge in [0.05, 0.1) is 11.5 Å². The molecule has 2 aromatic rings. The highest BCUT2D eigenvalue weighted by Gasteiger charge is 2.15. The van der Waals surface area contributed by atoms with Crippen LogP contribution in [-0.2, 0) is 16.6 Å². The molecular weight excluding hydrogens is 298 g/mol. The Balaban J connectivity index is 2.33. The summed E-state index contributed by atoms with van der Waals surface area (Å²) in [5.41, 5.74) is 1.86. The van der Waals surface area contributed by atoms with Gasteiger partial charge < -0.3 is 5.11 Å². The highest BCUT2D eigenvalue weighted by molar-refractivity contribution is 7.92. The molecule has 0 spiro atoms. The second-order valence-corrected chi connectivity index (χ2v) is 6.48. The van der Waals surface area contributed by atoms with Crippen molar-refractivity contribution in [3.05, 3.63) is 58.6 Å². The lowest BCUT2D eigenvalue weighted by atomic mass is 10.1. The number of aliphatic hydroxyl groups is 1. The standard InChI is InChI=1S/C14H14ClNO3S/c1-10-2-7-14(8-11(10)9-17)20(18,19)16-13-5-3-12(15)4-6-13/h2-8,16-17H,9H2,1H3. The van der Waals surface area contributed by atoms with Crippen molar-refractivity contribution in [2.45, 2.75) is 18.4 Å². The summed E-state index contributed by atoms with van der Waals surface area (Å²) in [4.78, 5) is 0.113. The average molecular weight is 312 g/mol. The van der Waals surface area contributed by atoms with E-state index in [9.17, 15) is 13.5 Å². The molecule has 0 radical (unpaired) electrons. The maximum absolute atomic E-state index is 12.2. The molecule has 4 nitrogen and oxygen atoms in total. The van der Waals surface area contributed by atoms with Gasteiger partial charge in [-0.3, -0.25) is 4.72 Å². The molecule has 20 heavy (non-hydrogen) atoms. The number of benzene rings is 2. The van der Waals surface area contributed by atoms with E-state index in [1.54, 1.807) is 30.3 Å². The highest BCUT2D eigenvalue weighted by atomic mass is 35.5. The Morgan fingerprint density at radius 1 is 1.15 bits per heavy atom. The second-order valence-electron chi connectivity index (χ2n) is 4.36. The van der Waals surface area contributed by atoms with Crippen LogP contribution < -0.4 is 4.72 Å². The van der Waals surface area contributed by atoms with E-state index < -0.39 is 10.0 Å². The number of sulfonamides is 1. The van der Waals surface area contributed by atoms with Gasteiger partial charge in [-0.1, -0.05) is 17.7 Å². The lowest BCUT2D eigenvalue weighted by molar-refractivity contribution is 0.281. The van der Waals surface area contributed by atoms with Crippen LogP contribution >= 0.6 is 11.6 Å². The third kappa shape index (κ3) is 3.30. The number of aliphatic hydroxyl groups excluding tert-OH is 1. The molecule has 0 fully saturated rings. The molecule has 0 unspecified atom stereocenters. The van der Waals surface area contributed by atoms with E-state index in [-0.39, 0.29) is 11.5 Å². The number of anilines is 1. The second kappa shape index (κ2) is 5.83. The van der Waals surface area contributed by atoms with E-state index in [2.05, 4.69) is 4.72 Å². The molecule has 2 rings (SSSR count). The van der Waals surface area contributed by atoms with Crippen molar-refractivity contribution in [3.63, 3.8) is 0 Å². The van der Waals surface area contributed by atoms with Crippen molar-refractivity contribution in [2.75, 3.05) is 4.72 Å². The third-order valence-electron chi connectivity index (χ3n) is 2.90. The molecule has 0 heterocycles. The number of halogens is 1. The maximum Gasteiger partial charge on any atom is 0.261 e. The summed E-state index contributed by atoms with van der Waals surface area (Å²) >= 11 is 5.75. The number of nitrogens with one attached hydrogen (secondary N) is 1. The molecule has 0 aromatic heterocycles. The SMILES string of the molecule is Cc1ccc(S(=O)(=O)Nc2ccc(Cl)cc2)cc1CO. The molecule has 0 saturated carbocycles. The zero-order valence-corrected chi connectivity index (χ0v) is 12.4. The van der Waals surface area contributed by atoms with Gasteiger partial charge in [0, 0.05) is 10.7 Å². The molecule has 2 aromatic carbocycles. The molecule has 0 aliphatic carbocycles. The van der Waals surface area contributed by atoms with Crippen LogP contribution in [0.4, 0.5) is 5.69 Å². The molecule has 0 bridgehead atoms. The van der Waals surface area contributed by atoms with Gasteiger partial charge in [-0.15, -0.1) is 0 Å². The Kier molecular flexibility index (Phi) is 4.32. The molecule has 0 atom stereocenters. The average Bonchev–Trinajstić information content (AvgIpc) is 2.41. The lowest BCUT2D eigenvalue weighted by Crippen LogP contribution is -2.13. The van der Waals surface area contributed by atoms with E-state index in [0.717, 1.165) is 5.56 Å². The minimum Gasteiger partial charge on any atom is -0.392 e. The number of hydrogen-bond acceptors (Lipinski definition) is 3. The van der Waals surface area contributed by atoms with Gasteiger partial charge in [0.25, 0.3) is 10.0 Å². The summed E-state index contributed by atoms with van der Waals surface area (Å²) in [5, 5.41) is 9.73. The fourth-order valence-electron chi connectivity index (χ4n) is 1.72. The summed E-state index contributed by atoms with van der Waals surface area (Å²) < 4.78 is 26.9. The van der Waals surface area contributed by atoms with Gasteiger partial charge in [0.1, 0.15) is 0 Å². The first-order valence-electron chi connectivity index (χ1n) is 5.91. The van der Waals surface area contributed by atoms with Crippen molar-refractivity contribution < 1.29 is 13.5 Å². The number of hydrogen-bond donors (Lipinski definition) is 2. The number of rotatable bonds is 4. The van der Waals surface area contributed by atoms with Crippen LogP contribution in [0.3, 0.4) is 0 Å². The molecule has 0 aliphatic heterocycles. The molecule has 6 heteroatoms. The summed E-state index contributed by atoms with van der Waals surface area (Å²) in [6.45, 7) is 1.62. The zero-order valence-electron chi connectivity index (χ0n) is 10.8. The van der Waals surface area contributed by atoms with E-state index in [4.69, 9.17) is 11.6 Å². The minimum atomic E-state index is -3.68. The first-order chi connectivity index (χ1) is 9.42. The van der Waals surface area contributed by atoms with Crippen LogP contribution in [0.1, 0.15) is 11.1 Å². The van der Waals surface area contributed by atoms with Crippen molar-refractivity contribution in [1.82, 2.24) is 0 Å². The van der Waals surface area contributed by atoms with Crippen LogP contribution in [-0.4, -0.2) is 13.5 Å². The molecule has 0 amide bonds. The van der Waals surface area contributed by atoms with Gasteiger partial charge in [-0.2, -0.15) is 0 Å². The van der Waals surface area contributed by atoms with Gasteiger partial charge in [-0.05, 0) is 54.4 Å². The smallest absolute Gasteiger partial charge is 0.261 e. The lowest BCUT2D eigenvalue weighted by Gasteiger charge is -2.10. The van der Waals surface area contributed by atoms with Crippen LogP contribution in [0.15, 0.2) is 47.4 Å². The Hall–Kier alpha value is -1.56. The summed E-state index contributed by atoms with van der Waals surface area (Å²) in [6.07, 6.45) is 0. The van der Waals surface area contributed by atoms with Gasteiger partial charge in [0.15, 0.2) is 0 Å². The van der Waals surface area contributed by atoms with Gasteiger partial charge >= 0.3 is 0 Å². The fourth-order valence-corrected chi connectivity index (χ4v) is 2.95. The van der Waals surface area contributed by atoms with Crippen LogP contribution in [0.2, 0.25) is 5.02 Å². The minimum absolute atomic E-state index is 0.113. The topological polar surface area (TPSA) is 66.4 Å². The predicted octanol–water partition coefficient (Wildman–Crippen LogP) is 2.94. The summed E-state index contributed by atoms with van der Waals surface area (Å²) in [5.74, 6) is 0.